The van der Waals surface area contributed by atoms with Crippen LogP contribution in [0, 0.1) is 5.82 Å². The summed E-state index contributed by atoms with van der Waals surface area (Å²) in [6.45, 7) is 0. The number of nitrogens with zero attached hydrogens (tertiary/aromatic N) is 2. The number of rotatable bonds is 6. The Labute approximate surface area is 164 Å². The van der Waals surface area contributed by atoms with Crippen LogP contribution >= 0.6 is 0 Å². The van der Waals surface area contributed by atoms with Crippen LogP contribution in [0.2, 0.25) is 0 Å². The van der Waals surface area contributed by atoms with Crippen molar-refractivity contribution in [3.8, 4) is 11.5 Å². The van der Waals surface area contributed by atoms with Gasteiger partial charge in [0, 0.05) is 11.8 Å². The maximum atomic E-state index is 14.0. The highest BCUT2D eigenvalue weighted by molar-refractivity contribution is 5.48. The molecule has 3 aromatic rings. The number of nitrogens with one attached hydrogen (secondary N) is 1. The average Bonchev–Trinajstić information content (AvgIpc) is 2.71. The molecule has 9 heteroatoms. The normalized spacial score (nSPS) is 12.3. The van der Waals surface area contributed by atoms with Gasteiger partial charge in [0.15, 0.2) is 0 Å². The van der Waals surface area contributed by atoms with Gasteiger partial charge in [-0.2, -0.15) is 13.2 Å². The Hall–Kier alpha value is -3.36. The molecule has 1 unspecified atom stereocenters. The highest BCUT2D eigenvalue weighted by Gasteiger charge is 2.33. The second kappa shape index (κ2) is 8.34. The van der Waals surface area contributed by atoms with Gasteiger partial charge in [0.25, 0.3) is 0 Å². The fourth-order valence-electron chi connectivity index (χ4n) is 2.81. The molecule has 2 aromatic carbocycles. The van der Waals surface area contributed by atoms with Gasteiger partial charge < -0.3 is 14.8 Å². The summed E-state index contributed by atoms with van der Waals surface area (Å²) in [6.07, 6.45) is -3.62. The highest BCUT2D eigenvalue weighted by Crippen LogP contribution is 2.35. The van der Waals surface area contributed by atoms with Crippen molar-refractivity contribution in [2.75, 3.05) is 19.5 Å². The predicted molar refractivity (Wildman–Crippen MR) is 98.4 cm³/mol. The Balaban J connectivity index is 2.10. The molecule has 0 aliphatic rings. The van der Waals surface area contributed by atoms with Crippen LogP contribution in [-0.2, 0) is 6.18 Å². The maximum Gasteiger partial charge on any atom is 0.433 e. The first kappa shape index (κ1) is 20.4. The summed E-state index contributed by atoms with van der Waals surface area (Å²) in [7, 11) is 2.90. The highest BCUT2D eigenvalue weighted by atomic mass is 19.4. The summed E-state index contributed by atoms with van der Waals surface area (Å²) < 4.78 is 63.6. The molecule has 0 aliphatic heterocycles. The number of anilines is 1. The maximum absolute atomic E-state index is 14.0. The molecule has 152 valence electrons. The number of methoxy groups -OCH3 is 2. The number of alkyl halides is 3. The van der Waals surface area contributed by atoms with E-state index < -0.39 is 23.7 Å². The molecule has 1 atom stereocenters. The van der Waals surface area contributed by atoms with E-state index in [4.69, 9.17) is 9.47 Å². The van der Waals surface area contributed by atoms with Crippen LogP contribution in [0.4, 0.5) is 23.5 Å². The zero-order valence-corrected chi connectivity index (χ0v) is 15.5. The van der Waals surface area contributed by atoms with Gasteiger partial charge in [-0.1, -0.05) is 12.1 Å². The molecule has 1 aromatic heterocycles. The summed E-state index contributed by atoms with van der Waals surface area (Å²) in [4.78, 5) is 7.42. The predicted octanol–water partition coefficient (Wildman–Crippen LogP) is 4.85. The lowest BCUT2D eigenvalue weighted by atomic mass is 9.97. The van der Waals surface area contributed by atoms with Gasteiger partial charge in [-0.3, -0.25) is 0 Å². The molecule has 5 nitrogen and oxygen atoms in total. The fraction of sp³-hybridized carbons (Fsp3) is 0.200. The number of hydrogen-bond donors (Lipinski definition) is 1. The van der Waals surface area contributed by atoms with Crippen LogP contribution in [0.15, 0.2) is 54.7 Å². The summed E-state index contributed by atoms with van der Waals surface area (Å²) in [5.41, 5.74) is -0.137. The minimum Gasteiger partial charge on any atom is -0.497 e. The third-order valence-corrected chi connectivity index (χ3v) is 4.15. The van der Waals surface area contributed by atoms with E-state index in [0.29, 0.717) is 22.6 Å². The molecular weight excluding hydrogens is 390 g/mol. The summed E-state index contributed by atoms with van der Waals surface area (Å²) in [6, 6.07) is 10.7. The first-order valence-electron chi connectivity index (χ1n) is 8.46. The Morgan fingerprint density at radius 1 is 1.00 bits per heavy atom. The third kappa shape index (κ3) is 4.74. The largest absolute Gasteiger partial charge is 0.497 e. The molecule has 0 fully saturated rings. The standard InChI is InChI=1S/C20H17F4N3O2/c1-28-14-5-3-4-12(10-14)18(15-11-13(21)6-7-16(15)29-2)27-19-25-9-8-17(26-19)20(22,23)24/h3-11,18H,1-2H3,(H,25,26,27). The van der Waals surface area contributed by atoms with Crippen LogP contribution in [0.5, 0.6) is 11.5 Å². The zero-order valence-electron chi connectivity index (χ0n) is 15.5. The number of benzene rings is 2. The van der Waals surface area contributed by atoms with Gasteiger partial charge in [0.05, 0.1) is 20.3 Å². The van der Waals surface area contributed by atoms with Crippen molar-refractivity contribution >= 4 is 5.95 Å². The molecule has 0 amide bonds. The second-order valence-electron chi connectivity index (χ2n) is 6.00. The molecule has 29 heavy (non-hydrogen) atoms. The average molecular weight is 407 g/mol. The molecule has 1 N–H and O–H groups in total. The molecule has 0 bridgehead atoms. The van der Waals surface area contributed by atoms with Crippen molar-refractivity contribution in [1.82, 2.24) is 9.97 Å². The van der Waals surface area contributed by atoms with Gasteiger partial charge in [-0.05, 0) is 42.0 Å². The van der Waals surface area contributed by atoms with E-state index in [2.05, 4.69) is 15.3 Å². The topological polar surface area (TPSA) is 56.3 Å². The summed E-state index contributed by atoms with van der Waals surface area (Å²) in [5, 5.41) is 2.85. The smallest absolute Gasteiger partial charge is 0.433 e. The van der Waals surface area contributed by atoms with E-state index in [0.717, 1.165) is 12.3 Å². The van der Waals surface area contributed by atoms with E-state index >= 15 is 0 Å². The molecule has 0 radical (unpaired) electrons. The van der Waals surface area contributed by atoms with Gasteiger partial charge in [0.1, 0.15) is 23.0 Å². The second-order valence-corrected chi connectivity index (χ2v) is 6.00. The molecule has 0 saturated carbocycles. The first-order chi connectivity index (χ1) is 13.8. The van der Waals surface area contributed by atoms with Crippen molar-refractivity contribution in [2.45, 2.75) is 12.2 Å². The van der Waals surface area contributed by atoms with E-state index in [1.165, 1.54) is 32.4 Å². The minimum atomic E-state index is -4.62. The Morgan fingerprint density at radius 2 is 1.79 bits per heavy atom. The van der Waals surface area contributed by atoms with Crippen molar-refractivity contribution in [3.05, 3.63) is 77.4 Å². The SMILES string of the molecule is COc1cccc(C(Nc2nccc(C(F)(F)F)n2)c2cc(F)ccc2OC)c1. The van der Waals surface area contributed by atoms with Gasteiger partial charge >= 0.3 is 6.18 Å². The summed E-state index contributed by atoms with van der Waals surface area (Å²) in [5.74, 6) is 0.0766. The van der Waals surface area contributed by atoms with Crippen LogP contribution in [0.25, 0.3) is 0 Å². The fourth-order valence-corrected chi connectivity index (χ4v) is 2.81. The van der Waals surface area contributed by atoms with Crippen LogP contribution in [-0.4, -0.2) is 24.2 Å². The van der Waals surface area contributed by atoms with E-state index in [1.54, 1.807) is 24.3 Å². The number of hydrogen-bond acceptors (Lipinski definition) is 5. The molecule has 0 spiro atoms. The van der Waals surface area contributed by atoms with E-state index in [9.17, 15) is 17.6 Å². The number of aromatic nitrogens is 2. The van der Waals surface area contributed by atoms with Crippen LogP contribution in [0.3, 0.4) is 0 Å². The van der Waals surface area contributed by atoms with Gasteiger partial charge in [0.2, 0.25) is 5.95 Å². The first-order valence-corrected chi connectivity index (χ1v) is 8.46. The monoisotopic (exact) mass is 407 g/mol. The van der Waals surface area contributed by atoms with Crippen molar-refractivity contribution in [3.63, 3.8) is 0 Å². The quantitative estimate of drug-likeness (QED) is 0.592. The zero-order chi connectivity index (χ0) is 21.0. The molecule has 1 heterocycles. The van der Waals surface area contributed by atoms with Gasteiger partial charge in [-0.15, -0.1) is 0 Å². The Kier molecular flexibility index (Phi) is 5.86. The van der Waals surface area contributed by atoms with E-state index in [1.807, 2.05) is 0 Å². The molecular formula is C20H17F4N3O2. The molecule has 0 aliphatic carbocycles. The van der Waals surface area contributed by atoms with E-state index in [-0.39, 0.29) is 5.95 Å². The van der Waals surface area contributed by atoms with Crippen molar-refractivity contribution in [2.24, 2.45) is 0 Å². The van der Waals surface area contributed by atoms with Crippen LogP contribution < -0.4 is 14.8 Å². The molecule has 3 rings (SSSR count). The third-order valence-electron chi connectivity index (χ3n) is 4.15. The van der Waals surface area contributed by atoms with Crippen molar-refractivity contribution in [1.29, 1.82) is 0 Å². The lowest BCUT2D eigenvalue weighted by Crippen LogP contribution is -2.17. The number of ether oxygens (including phenoxy) is 2. The van der Waals surface area contributed by atoms with Gasteiger partial charge in [-0.25, -0.2) is 14.4 Å². The van der Waals surface area contributed by atoms with Crippen LogP contribution in [0.1, 0.15) is 22.9 Å². The minimum absolute atomic E-state index is 0.265. The Morgan fingerprint density at radius 3 is 2.48 bits per heavy atom. The van der Waals surface area contributed by atoms with Crippen molar-refractivity contribution < 1.29 is 27.0 Å². The Bertz CT molecular complexity index is 995. The summed E-state index contributed by atoms with van der Waals surface area (Å²) >= 11 is 0. The number of halogens is 4. The lowest BCUT2D eigenvalue weighted by molar-refractivity contribution is -0.141. The lowest BCUT2D eigenvalue weighted by Gasteiger charge is -2.22. The molecule has 0 saturated heterocycles.